The zero-order valence-electron chi connectivity index (χ0n) is 14.2. The van der Waals surface area contributed by atoms with Crippen molar-refractivity contribution in [2.45, 2.75) is 52.4 Å². The molecule has 0 heterocycles. The van der Waals surface area contributed by atoms with Crippen molar-refractivity contribution in [2.24, 2.45) is 4.99 Å². The molecule has 0 atom stereocenters. The fourth-order valence-electron chi connectivity index (χ4n) is 1.80. The van der Waals surface area contributed by atoms with E-state index in [1.54, 1.807) is 7.11 Å². The Kier molecular flexibility index (Phi) is 16.6. The molecule has 0 aliphatic carbocycles. The largest absolute Gasteiger partial charge is 0.385 e. The van der Waals surface area contributed by atoms with Gasteiger partial charge in [0.2, 0.25) is 0 Å². The van der Waals surface area contributed by atoms with Gasteiger partial charge in [-0.1, -0.05) is 13.3 Å². The maximum Gasteiger partial charge on any atom is 0.191 e. The van der Waals surface area contributed by atoms with Crippen molar-refractivity contribution in [3.05, 3.63) is 0 Å². The van der Waals surface area contributed by atoms with E-state index in [0.29, 0.717) is 0 Å². The van der Waals surface area contributed by atoms with Crippen LogP contribution in [-0.2, 0) is 9.47 Å². The molecule has 0 radical (unpaired) electrons. The molecule has 0 fully saturated rings. The highest BCUT2D eigenvalue weighted by atomic mass is 16.5. The van der Waals surface area contributed by atoms with E-state index in [2.05, 4.69) is 29.5 Å². The third kappa shape index (κ3) is 15.4. The highest BCUT2D eigenvalue weighted by Gasteiger charge is 1.96. The number of methoxy groups -OCH3 is 1. The molecule has 0 saturated carbocycles. The number of rotatable bonds is 14. The van der Waals surface area contributed by atoms with E-state index in [4.69, 9.17) is 9.47 Å². The van der Waals surface area contributed by atoms with Gasteiger partial charge < -0.3 is 20.1 Å². The molecule has 2 N–H and O–H groups in total. The van der Waals surface area contributed by atoms with Crippen LogP contribution in [0.4, 0.5) is 0 Å². The number of hydrogen-bond donors (Lipinski definition) is 2. The number of nitrogens with zero attached hydrogens (tertiary/aromatic N) is 1. The maximum absolute atomic E-state index is 5.53. The number of aliphatic imine (C=N–C) groups is 1. The molecule has 0 aromatic heterocycles. The maximum atomic E-state index is 5.53. The summed E-state index contributed by atoms with van der Waals surface area (Å²) in [4.78, 5) is 4.55. The van der Waals surface area contributed by atoms with Crippen molar-refractivity contribution in [3.63, 3.8) is 0 Å². The van der Waals surface area contributed by atoms with Gasteiger partial charge in [0.1, 0.15) is 0 Å². The second-order valence-corrected chi connectivity index (χ2v) is 5.06. The minimum Gasteiger partial charge on any atom is -0.385 e. The molecule has 0 aromatic carbocycles. The molecule has 126 valence electrons. The number of nitrogens with one attached hydrogen (secondary N) is 2. The van der Waals surface area contributed by atoms with E-state index in [1.165, 1.54) is 12.8 Å². The van der Waals surface area contributed by atoms with Gasteiger partial charge in [-0.3, -0.25) is 4.99 Å². The first kappa shape index (κ1) is 20.2. The van der Waals surface area contributed by atoms with Gasteiger partial charge in [0.25, 0.3) is 0 Å². The van der Waals surface area contributed by atoms with Gasteiger partial charge in [0.15, 0.2) is 5.96 Å². The first-order valence-corrected chi connectivity index (χ1v) is 8.44. The first-order chi connectivity index (χ1) is 10.3. The standard InChI is InChI=1S/C16H35N3O2/c1-4-6-14-21-15-10-12-19-16(17-5-2)18-11-8-7-9-13-20-3/h4-15H2,1-3H3,(H2,17,18,19). The molecule has 0 unspecified atom stereocenters. The minimum absolute atomic E-state index is 0.805. The Hall–Kier alpha value is -0.810. The van der Waals surface area contributed by atoms with Gasteiger partial charge >= 0.3 is 0 Å². The van der Waals surface area contributed by atoms with Gasteiger partial charge in [-0.2, -0.15) is 0 Å². The lowest BCUT2D eigenvalue weighted by molar-refractivity contribution is 0.130. The van der Waals surface area contributed by atoms with Crippen LogP contribution in [0.5, 0.6) is 0 Å². The molecule has 0 aliphatic rings. The van der Waals surface area contributed by atoms with Crippen LogP contribution in [0.3, 0.4) is 0 Å². The average molecular weight is 301 g/mol. The van der Waals surface area contributed by atoms with Crippen molar-refractivity contribution >= 4 is 5.96 Å². The molecule has 21 heavy (non-hydrogen) atoms. The average Bonchev–Trinajstić information content (AvgIpc) is 2.49. The summed E-state index contributed by atoms with van der Waals surface area (Å²) in [5.41, 5.74) is 0. The fraction of sp³-hybridized carbons (Fsp3) is 0.938. The van der Waals surface area contributed by atoms with Crippen LogP contribution in [0, 0.1) is 0 Å². The summed E-state index contributed by atoms with van der Waals surface area (Å²) in [5.74, 6) is 0.915. The van der Waals surface area contributed by atoms with Gasteiger partial charge in [-0.25, -0.2) is 0 Å². The Morgan fingerprint density at radius 2 is 1.71 bits per heavy atom. The summed E-state index contributed by atoms with van der Waals surface area (Å²) in [5, 5.41) is 6.64. The Morgan fingerprint density at radius 1 is 0.905 bits per heavy atom. The van der Waals surface area contributed by atoms with Crippen LogP contribution in [0.1, 0.15) is 52.4 Å². The second-order valence-electron chi connectivity index (χ2n) is 5.06. The third-order valence-corrected chi connectivity index (χ3v) is 3.02. The SMILES string of the molecule is CCCCOCCCN=C(NCC)NCCCCCOC. The number of unbranched alkanes of at least 4 members (excludes halogenated alkanes) is 3. The normalized spacial score (nSPS) is 11.7. The van der Waals surface area contributed by atoms with Gasteiger partial charge in [0, 0.05) is 46.6 Å². The van der Waals surface area contributed by atoms with Crippen LogP contribution in [-0.4, -0.2) is 52.5 Å². The van der Waals surface area contributed by atoms with E-state index < -0.39 is 0 Å². The Morgan fingerprint density at radius 3 is 2.43 bits per heavy atom. The zero-order chi connectivity index (χ0) is 15.6. The number of hydrogen-bond acceptors (Lipinski definition) is 3. The van der Waals surface area contributed by atoms with E-state index in [9.17, 15) is 0 Å². The molecular formula is C16H35N3O2. The molecule has 0 aliphatic heterocycles. The zero-order valence-corrected chi connectivity index (χ0v) is 14.2. The Labute approximate surface area is 130 Å². The molecule has 5 nitrogen and oxygen atoms in total. The molecule has 0 spiro atoms. The molecular weight excluding hydrogens is 266 g/mol. The molecule has 0 saturated heterocycles. The van der Waals surface area contributed by atoms with E-state index >= 15 is 0 Å². The number of guanidine groups is 1. The van der Waals surface area contributed by atoms with Crippen LogP contribution in [0.15, 0.2) is 4.99 Å². The molecule has 0 bridgehead atoms. The van der Waals surface area contributed by atoms with E-state index in [0.717, 1.165) is 71.1 Å². The summed E-state index contributed by atoms with van der Waals surface area (Å²) in [7, 11) is 1.75. The van der Waals surface area contributed by atoms with Crippen molar-refractivity contribution in [1.29, 1.82) is 0 Å². The lowest BCUT2D eigenvalue weighted by Crippen LogP contribution is -2.37. The summed E-state index contributed by atoms with van der Waals surface area (Å²) in [6.45, 7) is 9.46. The highest BCUT2D eigenvalue weighted by Crippen LogP contribution is 1.94. The van der Waals surface area contributed by atoms with Crippen molar-refractivity contribution < 1.29 is 9.47 Å². The minimum atomic E-state index is 0.805. The van der Waals surface area contributed by atoms with Crippen molar-refractivity contribution in [3.8, 4) is 0 Å². The summed E-state index contributed by atoms with van der Waals surface area (Å²) in [6, 6.07) is 0. The third-order valence-electron chi connectivity index (χ3n) is 3.02. The lowest BCUT2D eigenvalue weighted by Gasteiger charge is -2.11. The number of ether oxygens (including phenoxy) is 2. The second kappa shape index (κ2) is 17.2. The summed E-state index contributed by atoms with van der Waals surface area (Å²) >= 11 is 0. The Bertz CT molecular complexity index is 236. The van der Waals surface area contributed by atoms with Crippen LogP contribution >= 0.6 is 0 Å². The van der Waals surface area contributed by atoms with Gasteiger partial charge in [-0.15, -0.1) is 0 Å². The first-order valence-electron chi connectivity index (χ1n) is 8.44. The molecule has 0 rings (SSSR count). The summed E-state index contributed by atoms with van der Waals surface area (Å²) in [6.07, 6.45) is 6.78. The molecule has 0 amide bonds. The van der Waals surface area contributed by atoms with Crippen molar-refractivity contribution in [2.75, 3.05) is 46.6 Å². The van der Waals surface area contributed by atoms with Crippen LogP contribution in [0.2, 0.25) is 0 Å². The van der Waals surface area contributed by atoms with Gasteiger partial charge in [-0.05, 0) is 39.0 Å². The quantitative estimate of drug-likeness (QED) is 0.294. The Balaban J connectivity index is 3.61. The summed E-state index contributed by atoms with van der Waals surface area (Å²) < 4.78 is 10.6. The van der Waals surface area contributed by atoms with E-state index in [1.807, 2.05) is 0 Å². The van der Waals surface area contributed by atoms with Crippen molar-refractivity contribution in [1.82, 2.24) is 10.6 Å². The predicted octanol–water partition coefficient (Wildman–Crippen LogP) is 2.57. The lowest BCUT2D eigenvalue weighted by atomic mass is 10.2. The fourth-order valence-corrected chi connectivity index (χ4v) is 1.80. The highest BCUT2D eigenvalue weighted by molar-refractivity contribution is 5.79. The monoisotopic (exact) mass is 301 g/mol. The predicted molar refractivity (Wildman–Crippen MR) is 90.1 cm³/mol. The van der Waals surface area contributed by atoms with E-state index in [-0.39, 0.29) is 0 Å². The molecule has 0 aromatic rings. The van der Waals surface area contributed by atoms with Crippen LogP contribution in [0.25, 0.3) is 0 Å². The molecule has 5 heteroatoms. The smallest absolute Gasteiger partial charge is 0.191 e. The van der Waals surface area contributed by atoms with Crippen LogP contribution < -0.4 is 10.6 Å². The topological polar surface area (TPSA) is 54.9 Å². The van der Waals surface area contributed by atoms with Gasteiger partial charge in [0.05, 0.1) is 0 Å².